The fraction of sp³-hybridized carbons (Fsp3) is 0.833. The molecule has 2 rings (SSSR count). The number of thioether (sulfide) groups is 1. The van der Waals surface area contributed by atoms with Crippen molar-refractivity contribution in [3.05, 3.63) is 5.82 Å². The van der Waals surface area contributed by atoms with Gasteiger partial charge in [-0.25, -0.2) is 0 Å². The van der Waals surface area contributed by atoms with Crippen LogP contribution >= 0.6 is 11.8 Å². The molecule has 2 heterocycles. The molecule has 0 saturated heterocycles. The molecule has 1 N–H and O–H groups in total. The number of aromatic nitrogens is 3. The summed E-state index contributed by atoms with van der Waals surface area (Å²) in [6.45, 7) is 1.80. The van der Waals surface area contributed by atoms with Crippen LogP contribution in [0.2, 0.25) is 0 Å². The monoisotopic (exact) mass is 270 g/mol. The zero-order valence-electron chi connectivity index (χ0n) is 11.2. The standard InChI is InChI=1S/C12H22N4OS/c1-13-10(8-17-2)9-18-12-15-14-11-6-4-3-5-7-16(11)12/h10,13H,3-9H2,1-2H3. The second-order valence-corrected chi connectivity index (χ2v) is 5.60. The van der Waals surface area contributed by atoms with E-state index in [0.29, 0.717) is 6.04 Å². The Bertz CT molecular complexity index is 369. The SMILES string of the molecule is CNC(COC)CSc1nnc2n1CCCCC2. The number of likely N-dealkylation sites (N-methyl/N-ethyl adjacent to an activating group) is 1. The van der Waals surface area contributed by atoms with E-state index in [1.807, 2.05) is 7.05 Å². The Morgan fingerprint density at radius 3 is 3.06 bits per heavy atom. The summed E-state index contributed by atoms with van der Waals surface area (Å²) in [5, 5.41) is 12.9. The van der Waals surface area contributed by atoms with Crippen LogP contribution in [-0.4, -0.2) is 47.3 Å². The number of nitrogens with zero attached hydrogens (tertiary/aromatic N) is 3. The second-order valence-electron chi connectivity index (χ2n) is 4.61. The molecule has 0 fully saturated rings. The Labute approximate surface area is 113 Å². The second kappa shape index (κ2) is 7.11. The first kappa shape index (κ1) is 13.8. The predicted molar refractivity (Wildman–Crippen MR) is 73.0 cm³/mol. The molecule has 0 bridgehead atoms. The van der Waals surface area contributed by atoms with Crippen molar-refractivity contribution in [1.29, 1.82) is 0 Å². The Morgan fingerprint density at radius 1 is 1.39 bits per heavy atom. The van der Waals surface area contributed by atoms with Crippen LogP contribution in [0.15, 0.2) is 5.16 Å². The van der Waals surface area contributed by atoms with Crippen LogP contribution in [0.4, 0.5) is 0 Å². The summed E-state index contributed by atoms with van der Waals surface area (Å²) in [5.41, 5.74) is 0. The first-order valence-corrected chi connectivity index (χ1v) is 7.54. The number of rotatable bonds is 6. The molecule has 0 amide bonds. The first-order valence-electron chi connectivity index (χ1n) is 6.56. The van der Waals surface area contributed by atoms with Crippen molar-refractivity contribution in [3.63, 3.8) is 0 Å². The lowest BCUT2D eigenvalue weighted by Crippen LogP contribution is -2.32. The van der Waals surface area contributed by atoms with Gasteiger partial charge in [0, 0.05) is 31.9 Å². The van der Waals surface area contributed by atoms with Crippen molar-refractivity contribution in [2.24, 2.45) is 0 Å². The maximum absolute atomic E-state index is 5.18. The van der Waals surface area contributed by atoms with Gasteiger partial charge in [-0.15, -0.1) is 10.2 Å². The lowest BCUT2D eigenvalue weighted by molar-refractivity contribution is 0.177. The van der Waals surface area contributed by atoms with Gasteiger partial charge < -0.3 is 14.6 Å². The lowest BCUT2D eigenvalue weighted by Gasteiger charge is -2.14. The van der Waals surface area contributed by atoms with Gasteiger partial charge in [-0.1, -0.05) is 18.2 Å². The van der Waals surface area contributed by atoms with Crippen LogP contribution in [0.25, 0.3) is 0 Å². The van der Waals surface area contributed by atoms with Crippen molar-refractivity contribution in [1.82, 2.24) is 20.1 Å². The molecule has 1 aromatic heterocycles. The van der Waals surface area contributed by atoms with Gasteiger partial charge >= 0.3 is 0 Å². The number of fused-ring (bicyclic) bond motifs is 1. The van der Waals surface area contributed by atoms with Gasteiger partial charge in [0.1, 0.15) is 5.82 Å². The third-order valence-corrected chi connectivity index (χ3v) is 4.39. The van der Waals surface area contributed by atoms with E-state index in [1.54, 1.807) is 18.9 Å². The normalized spacial score (nSPS) is 17.2. The molecule has 0 aliphatic carbocycles. The number of hydrogen-bond acceptors (Lipinski definition) is 5. The van der Waals surface area contributed by atoms with E-state index >= 15 is 0 Å². The van der Waals surface area contributed by atoms with Gasteiger partial charge in [0.15, 0.2) is 5.16 Å². The maximum atomic E-state index is 5.18. The topological polar surface area (TPSA) is 52.0 Å². The molecule has 5 nitrogen and oxygen atoms in total. The molecule has 102 valence electrons. The Balaban J connectivity index is 1.95. The number of methoxy groups -OCH3 is 1. The van der Waals surface area contributed by atoms with Crippen LogP contribution < -0.4 is 5.32 Å². The van der Waals surface area contributed by atoms with Crippen molar-refractivity contribution >= 4 is 11.8 Å². The summed E-state index contributed by atoms with van der Waals surface area (Å²) in [6.07, 6.45) is 4.86. The van der Waals surface area contributed by atoms with Crippen LogP contribution in [0.3, 0.4) is 0 Å². The van der Waals surface area contributed by atoms with Gasteiger partial charge in [-0.05, 0) is 19.9 Å². The van der Waals surface area contributed by atoms with E-state index in [1.165, 1.54) is 19.3 Å². The average molecular weight is 270 g/mol. The van der Waals surface area contributed by atoms with Crippen molar-refractivity contribution in [3.8, 4) is 0 Å². The molecule has 1 aliphatic heterocycles. The quantitative estimate of drug-likeness (QED) is 0.790. The molecule has 6 heteroatoms. The molecule has 1 atom stereocenters. The highest BCUT2D eigenvalue weighted by Gasteiger charge is 2.16. The van der Waals surface area contributed by atoms with E-state index in [9.17, 15) is 0 Å². The Morgan fingerprint density at radius 2 is 2.28 bits per heavy atom. The van der Waals surface area contributed by atoms with Crippen LogP contribution in [0.1, 0.15) is 25.1 Å². The molecule has 18 heavy (non-hydrogen) atoms. The number of aryl methyl sites for hydroxylation is 1. The zero-order chi connectivity index (χ0) is 12.8. The van der Waals surface area contributed by atoms with E-state index in [2.05, 4.69) is 20.1 Å². The summed E-state index contributed by atoms with van der Waals surface area (Å²) in [4.78, 5) is 0. The van der Waals surface area contributed by atoms with Crippen LogP contribution in [-0.2, 0) is 17.7 Å². The molecule has 0 radical (unpaired) electrons. The Kier molecular flexibility index (Phi) is 5.46. The van der Waals surface area contributed by atoms with Gasteiger partial charge in [0.2, 0.25) is 0 Å². The molecule has 1 aromatic rings. The summed E-state index contributed by atoms with van der Waals surface area (Å²) >= 11 is 1.77. The third kappa shape index (κ3) is 3.46. The van der Waals surface area contributed by atoms with Crippen molar-refractivity contribution in [2.45, 2.75) is 43.4 Å². The third-order valence-electron chi connectivity index (χ3n) is 3.27. The van der Waals surface area contributed by atoms with E-state index in [4.69, 9.17) is 4.74 Å². The Hall–Kier alpha value is -0.590. The summed E-state index contributed by atoms with van der Waals surface area (Å²) < 4.78 is 7.47. The van der Waals surface area contributed by atoms with Gasteiger partial charge in [-0.2, -0.15) is 0 Å². The summed E-state index contributed by atoms with van der Waals surface area (Å²) in [5.74, 6) is 2.12. The first-order chi connectivity index (χ1) is 8.85. The average Bonchev–Trinajstić information content (AvgIpc) is 2.62. The zero-order valence-corrected chi connectivity index (χ0v) is 12.0. The number of hydrogen-bond donors (Lipinski definition) is 1. The fourth-order valence-corrected chi connectivity index (χ4v) is 3.22. The van der Waals surface area contributed by atoms with Crippen molar-refractivity contribution < 1.29 is 4.74 Å². The van der Waals surface area contributed by atoms with E-state index < -0.39 is 0 Å². The minimum atomic E-state index is 0.360. The molecular formula is C12H22N4OS. The largest absolute Gasteiger partial charge is 0.383 e. The maximum Gasteiger partial charge on any atom is 0.191 e. The predicted octanol–water partition coefficient (Wildman–Crippen LogP) is 1.33. The molecule has 1 aliphatic rings. The van der Waals surface area contributed by atoms with Crippen molar-refractivity contribution in [2.75, 3.05) is 26.5 Å². The van der Waals surface area contributed by atoms with Crippen LogP contribution in [0, 0.1) is 0 Å². The summed E-state index contributed by atoms with van der Waals surface area (Å²) in [6, 6.07) is 0.360. The van der Waals surface area contributed by atoms with E-state index in [-0.39, 0.29) is 0 Å². The molecule has 0 aromatic carbocycles. The van der Waals surface area contributed by atoms with Gasteiger partial charge in [0.25, 0.3) is 0 Å². The molecular weight excluding hydrogens is 248 g/mol. The highest BCUT2D eigenvalue weighted by atomic mass is 32.2. The minimum absolute atomic E-state index is 0.360. The smallest absolute Gasteiger partial charge is 0.191 e. The molecule has 0 saturated carbocycles. The molecule has 1 unspecified atom stereocenters. The van der Waals surface area contributed by atoms with E-state index in [0.717, 1.165) is 36.3 Å². The summed E-state index contributed by atoms with van der Waals surface area (Å²) in [7, 11) is 3.70. The van der Waals surface area contributed by atoms with Crippen LogP contribution in [0.5, 0.6) is 0 Å². The van der Waals surface area contributed by atoms with Gasteiger partial charge in [0.05, 0.1) is 6.61 Å². The fourth-order valence-electron chi connectivity index (χ4n) is 2.16. The lowest BCUT2D eigenvalue weighted by atomic mass is 10.2. The minimum Gasteiger partial charge on any atom is -0.383 e. The molecule has 0 spiro atoms. The number of nitrogens with one attached hydrogen (secondary N) is 1. The number of ether oxygens (including phenoxy) is 1. The van der Waals surface area contributed by atoms with Gasteiger partial charge in [-0.3, -0.25) is 0 Å². The highest BCUT2D eigenvalue weighted by Crippen LogP contribution is 2.22. The highest BCUT2D eigenvalue weighted by molar-refractivity contribution is 7.99.